The van der Waals surface area contributed by atoms with E-state index in [1.807, 2.05) is 12.1 Å². The molecule has 0 atom stereocenters. The van der Waals surface area contributed by atoms with Gasteiger partial charge < -0.3 is 0 Å². The van der Waals surface area contributed by atoms with Crippen LogP contribution >= 0.6 is 12.2 Å². The Morgan fingerprint density at radius 1 is 1.15 bits per heavy atom. The predicted octanol–water partition coefficient (Wildman–Crippen LogP) is 5.82. The van der Waals surface area contributed by atoms with Gasteiger partial charge in [-0.2, -0.15) is 14.4 Å². The van der Waals surface area contributed by atoms with Gasteiger partial charge in [-0.05, 0) is 73.4 Å². The maximum absolute atomic E-state index is 13.9. The smallest absolute Gasteiger partial charge is 0.239 e. The van der Waals surface area contributed by atoms with Crippen molar-refractivity contribution in [2.75, 3.05) is 0 Å². The summed E-state index contributed by atoms with van der Waals surface area (Å²) in [5.41, 5.74) is 2.21. The van der Waals surface area contributed by atoms with Gasteiger partial charge in [0.25, 0.3) is 0 Å². The lowest BCUT2D eigenvalue weighted by Crippen LogP contribution is -2.13. The van der Waals surface area contributed by atoms with Crippen molar-refractivity contribution in [2.45, 2.75) is 51.4 Å². The summed E-state index contributed by atoms with van der Waals surface area (Å²) < 4.78 is 13.9. The van der Waals surface area contributed by atoms with Gasteiger partial charge in [-0.25, -0.2) is 4.98 Å². The molecule has 5 heteroatoms. The largest absolute Gasteiger partial charge is 0.249 e. The molecule has 1 aliphatic rings. The fourth-order valence-electron chi connectivity index (χ4n) is 3.71. The quantitative estimate of drug-likeness (QED) is 0.381. The number of thiocarbonyl (C=S) groups is 1. The average molecular weight is 380 g/mol. The zero-order valence-electron chi connectivity index (χ0n) is 15.4. The summed E-state index contributed by atoms with van der Waals surface area (Å²) in [6.07, 6.45) is 9.18. The first-order valence-electron chi connectivity index (χ1n) is 9.42. The van der Waals surface area contributed by atoms with Crippen molar-refractivity contribution >= 4 is 23.2 Å². The molecule has 0 N–H and O–H groups in total. The van der Waals surface area contributed by atoms with Crippen molar-refractivity contribution in [3.05, 3.63) is 53.2 Å². The Morgan fingerprint density at radius 2 is 1.89 bits per heavy atom. The van der Waals surface area contributed by atoms with Gasteiger partial charge in [0.2, 0.25) is 5.95 Å². The van der Waals surface area contributed by atoms with Crippen molar-refractivity contribution in [1.29, 1.82) is 0 Å². The fourth-order valence-corrected chi connectivity index (χ4v) is 3.80. The highest BCUT2D eigenvalue weighted by molar-refractivity contribution is 7.78. The Hall–Kier alpha value is -2.41. The minimum atomic E-state index is -0.755. The van der Waals surface area contributed by atoms with Crippen LogP contribution in [-0.4, -0.2) is 15.1 Å². The molecule has 1 heterocycles. The summed E-state index contributed by atoms with van der Waals surface area (Å²) in [7, 11) is 0. The van der Waals surface area contributed by atoms with Gasteiger partial charge in [0.05, 0.1) is 11.4 Å². The van der Waals surface area contributed by atoms with E-state index in [4.69, 9.17) is 0 Å². The molecule has 1 saturated carbocycles. The third-order valence-corrected chi connectivity index (χ3v) is 5.22. The van der Waals surface area contributed by atoms with Crippen molar-refractivity contribution < 1.29 is 4.39 Å². The number of benzene rings is 1. The lowest BCUT2D eigenvalue weighted by Gasteiger charge is -2.28. The van der Waals surface area contributed by atoms with E-state index < -0.39 is 5.95 Å². The van der Waals surface area contributed by atoms with E-state index in [0.29, 0.717) is 5.92 Å². The molecule has 3 rings (SSSR count). The van der Waals surface area contributed by atoms with Gasteiger partial charge >= 0.3 is 0 Å². The molecular formula is C22H22FN3S. The average Bonchev–Trinajstić information content (AvgIpc) is 2.69. The minimum absolute atomic E-state index is 0.00311. The van der Waals surface area contributed by atoms with Gasteiger partial charge in [0, 0.05) is 5.56 Å². The molecule has 1 fully saturated rings. The highest BCUT2D eigenvalue weighted by Crippen LogP contribution is 2.37. The van der Waals surface area contributed by atoms with E-state index >= 15 is 0 Å². The van der Waals surface area contributed by atoms with Crippen LogP contribution in [0.5, 0.6) is 0 Å². The Morgan fingerprint density at radius 3 is 2.52 bits per heavy atom. The summed E-state index contributed by atoms with van der Waals surface area (Å²) in [5, 5.41) is 2.13. The topological polar surface area (TPSA) is 38.1 Å². The van der Waals surface area contributed by atoms with Crippen molar-refractivity contribution in [2.24, 2.45) is 10.9 Å². The van der Waals surface area contributed by atoms with E-state index in [-0.39, 0.29) is 11.5 Å². The van der Waals surface area contributed by atoms with Crippen LogP contribution < -0.4 is 0 Å². The van der Waals surface area contributed by atoms with E-state index in [1.165, 1.54) is 50.3 Å². The van der Waals surface area contributed by atoms with Crippen LogP contribution in [-0.2, 0) is 0 Å². The molecule has 27 heavy (non-hydrogen) atoms. The monoisotopic (exact) mass is 379 g/mol. The first-order valence-corrected chi connectivity index (χ1v) is 9.82. The third-order valence-electron chi connectivity index (χ3n) is 5.13. The molecule has 0 spiro atoms. The number of halogens is 1. The van der Waals surface area contributed by atoms with E-state index in [1.54, 1.807) is 0 Å². The lowest BCUT2D eigenvalue weighted by molar-refractivity contribution is 0.308. The van der Waals surface area contributed by atoms with Crippen molar-refractivity contribution in [1.82, 2.24) is 9.97 Å². The molecule has 0 unspecified atom stereocenters. The van der Waals surface area contributed by atoms with E-state index in [0.717, 1.165) is 11.5 Å². The molecule has 0 saturated heterocycles. The molecule has 138 valence electrons. The molecule has 3 nitrogen and oxygen atoms in total. The first kappa shape index (κ1) is 19.4. The minimum Gasteiger partial charge on any atom is -0.239 e. The molecule has 0 aliphatic heterocycles. The Labute approximate surface area is 165 Å². The molecule has 0 radical (unpaired) electrons. The van der Waals surface area contributed by atoms with Gasteiger partial charge in [0.1, 0.15) is 0 Å². The standard InChI is InChI=1S/C22H22FN3S/c1-2-3-16-4-9-18(10-5-16)19-11-6-17(7-12-19)8-13-20-22(23)26-21(14-24-20)25-15-27/h6-7,11-12,14,16,18H,2-5,9-10H2,1H3. The van der Waals surface area contributed by atoms with E-state index in [9.17, 15) is 4.39 Å². The van der Waals surface area contributed by atoms with Crippen LogP contribution in [0.15, 0.2) is 35.5 Å². The van der Waals surface area contributed by atoms with Crippen LogP contribution in [0.1, 0.15) is 68.2 Å². The molecule has 0 bridgehead atoms. The van der Waals surface area contributed by atoms with Crippen LogP contribution in [0.25, 0.3) is 0 Å². The number of aliphatic imine (C=N–C) groups is 1. The molecule has 1 aliphatic carbocycles. The van der Waals surface area contributed by atoms with Crippen LogP contribution in [0.3, 0.4) is 0 Å². The highest BCUT2D eigenvalue weighted by atomic mass is 32.1. The van der Waals surface area contributed by atoms with E-state index in [2.05, 4.69) is 63.2 Å². The van der Waals surface area contributed by atoms with Gasteiger partial charge in [-0.15, -0.1) is 0 Å². The number of hydrogen-bond acceptors (Lipinski definition) is 4. The summed E-state index contributed by atoms with van der Waals surface area (Å²) >= 11 is 4.47. The normalized spacial score (nSPS) is 18.9. The molecule has 0 amide bonds. The summed E-state index contributed by atoms with van der Waals surface area (Å²) in [5.74, 6) is 6.57. The summed E-state index contributed by atoms with van der Waals surface area (Å²) in [6, 6.07) is 8.29. The third kappa shape index (κ3) is 5.29. The van der Waals surface area contributed by atoms with Crippen molar-refractivity contribution in [3.63, 3.8) is 0 Å². The predicted molar refractivity (Wildman–Crippen MR) is 109 cm³/mol. The number of rotatable bonds is 4. The second kappa shape index (κ2) is 9.50. The molecule has 2 aromatic rings. The molecular weight excluding hydrogens is 357 g/mol. The maximum Gasteiger partial charge on any atom is 0.249 e. The zero-order valence-corrected chi connectivity index (χ0v) is 16.2. The Bertz CT molecular complexity index is 884. The second-order valence-electron chi connectivity index (χ2n) is 6.95. The lowest BCUT2D eigenvalue weighted by atomic mass is 9.77. The molecule has 1 aromatic heterocycles. The Kier molecular flexibility index (Phi) is 6.81. The number of aromatic nitrogens is 2. The van der Waals surface area contributed by atoms with Crippen molar-refractivity contribution in [3.8, 4) is 11.8 Å². The number of nitrogens with zero attached hydrogens (tertiary/aromatic N) is 3. The fraction of sp³-hybridized carbons (Fsp3) is 0.409. The second-order valence-corrected chi connectivity index (χ2v) is 7.13. The summed E-state index contributed by atoms with van der Waals surface area (Å²) in [6.45, 7) is 2.27. The molecule has 1 aromatic carbocycles. The zero-order chi connectivity index (χ0) is 19.1. The van der Waals surface area contributed by atoms with Crippen LogP contribution in [0, 0.1) is 23.7 Å². The van der Waals surface area contributed by atoms with Gasteiger partial charge in [-0.1, -0.05) is 37.8 Å². The highest BCUT2D eigenvalue weighted by Gasteiger charge is 2.21. The Balaban J connectivity index is 1.65. The van der Waals surface area contributed by atoms with Crippen LogP contribution in [0.4, 0.5) is 10.2 Å². The van der Waals surface area contributed by atoms with Gasteiger partial charge in [0.15, 0.2) is 11.5 Å². The number of hydrogen-bond donors (Lipinski definition) is 0. The van der Waals surface area contributed by atoms with Crippen LogP contribution in [0.2, 0.25) is 0 Å². The SMILES string of the molecule is CCCC1CCC(c2ccc(C#Cc3ncc(N=C=S)nc3F)cc2)CC1. The van der Waals surface area contributed by atoms with Gasteiger partial charge in [-0.3, -0.25) is 0 Å². The number of isothiocyanates is 1. The first-order chi connectivity index (χ1) is 13.2. The summed E-state index contributed by atoms with van der Waals surface area (Å²) in [4.78, 5) is 11.2. The maximum atomic E-state index is 13.9.